The SMILES string of the molecule is COC(=O)C(=O)c1c(C)[nH]c2ncc(Cl)cc12. The van der Waals surface area contributed by atoms with Gasteiger partial charge in [-0.05, 0) is 13.0 Å². The van der Waals surface area contributed by atoms with Crippen molar-refractivity contribution in [2.45, 2.75) is 6.92 Å². The first kappa shape index (κ1) is 11.6. The van der Waals surface area contributed by atoms with Crippen molar-refractivity contribution in [3.05, 3.63) is 28.5 Å². The van der Waals surface area contributed by atoms with Gasteiger partial charge in [-0.2, -0.15) is 0 Å². The van der Waals surface area contributed by atoms with E-state index in [0.717, 1.165) is 7.11 Å². The minimum atomic E-state index is -0.908. The molecule has 0 saturated carbocycles. The Labute approximate surface area is 102 Å². The van der Waals surface area contributed by atoms with E-state index < -0.39 is 11.8 Å². The van der Waals surface area contributed by atoms with Gasteiger partial charge in [-0.1, -0.05) is 11.6 Å². The quantitative estimate of drug-likeness (QED) is 0.503. The summed E-state index contributed by atoms with van der Waals surface area (Å²) in [6, 6.07) is 1.59. The number of methoxy groups -OCH3 is 1. The lowest BCUT2D eigenvalue weighted by Crippen LogP contribution is -2.16. The summed E-state index contributed by atoms with van der Waals surface area (Å²) in [5.74, 6) is -1.62. The summed E-state index contributed by atoms with van der Waals surface area (Å²) in [5.41, 5.74) is 1.33. The second-order valence-corrected chi connectivity index (χ2v) is 3.93. The number of nitrogens with zero attached hydrogens (tertiary/aromatic N) is 1. The molecule has 1 N–H and O–H groups in total. The summed E-state index contributed by atoms with van der Waals surface area (Å²) in [5, 5.41) is 0.917. The van der Waals surface area contributed by atoms with Gasteiger partial charge >= 0.3 is 5.97 Å². The number of hydrogen-bond donors (Lipinski definition) is 1. The highest BCUT2D eigenvalue weighted by Gasteiger charge is 2.23. The van der Waals surface area contributed by atoms with Gasteiger partial charge in [-0.3, -0.25) is 4.79 Å². The number of ether oxygens (including phenoxy) is 1. The van der Waals surface area contributed by atoms with E-state index in [4.69, 9.17) is 11.6 Å². The Kier molecular flexibility index (Phi) is 2.85. The van der Waals surface area contributed by atoms with Crippen LogP contribution in [0, 0.1) is 6.92 Å². The standard InChI is InChI=1S/C11H9ClN2O3/c1-5-8(9(15)11(16)17-2)7-3-6(12)4-13-10(7)14-5/h3-4H,1-2H3,(H,13,14). The Morgan fingerprint density at radius 2 is 2.18 bits per heavy atom. The molecule has 0 unspecified atom stereocenters. The van der Waals surface area contributed by atoms with E-state index in [0.29, 0.717) is 21.7 Å². The molecule has 2 rings (SSSR count). The molecule has 2 aromatic heterocycles. The van der Waals surface area contributed by atoms with Crippen LogP contribution in [0.1, 0.15) is 16.1 Å². The van der Waals surface area contributed by atoms with Gasteiger partial charge in [0.25, 0.3) is 5.78 Å². The number of carbonyl (C=O) groups excluding carboxylic acids is 2. The van der Waals surface area contributed by atoms with Crippen molar-refractivity contribution in [3.8, 4) is 0 Å². The highest BCUT2D eigenvalue weighted by atomic mass is 35.5. The minimum Gasteiger partial charge on any atom is -0.463 e. The van der Waals surface area contributed by atoms with E-state index in [9.17, 15) is 9.59 Å². The first-order valence-electron chi connectivity index (χ1n) is 4.81. The molecule has 0 aromatic carbocycles. The van der Waals surface area contributed by atoms with Crippen molar-refractivity contribution in [3.63, 3.8) is 0 Å². The third-order valence-corrected chi connectivity index (χ3v) is 2.61. The van der Waals surface area contributed by atoms with Crippen LogP contribution in [0.25, 0.3) is 11.0 Å². The van der Waals surface area contributed by atoms with E-state index >= 15 is 0 Å². The van der Waals surface area contributed by atoms with Crippen molar-refractivity contribution in [1.29, 1.82) is 0 Å². The number of rotatable bonds is 2. The number of esters is 1. The lowest BCUT2D eigenvalue weighted by Gasteiger charge is -1.98. The zero-order valence-corrected chi connectivity index (χ0v) is 9.96. The maximum Gasteiger partial charge on any atom is 0.379 e. The maximum absolute atomic E-state index is 11.8. The molecular weight excluding hydrogens is 244 g/mol. The number of ketones is 1. The van der Waals surface area contributed by atoms with Crippen LogP contribution in [0.3, 0.4) is 0 Å². The number of carbonyl (C=O) groups is 2. The number of fused-ring (bicyclic) bond motifs is 1. The number of Topliss-reactive ketones (excluding diaryl/α,β-unsaturated/α-hetero) is 1. The molecule has 0 bridgehead atoms. The summed E-state index contributed by atoms with van der Waals surface area (Å²) in [6.45, 7) is 1.69. The first-order valence-corrected chi connectivity index (χ1v) is 5.19. The molecular formula is C11H9ClN2O3. The molecule has 0 radical (unpaired) electrons. The number of aromatic nitrogens is 2. The molecule has 2 aromatic rings. The zero-order chi connectivity index (χ0) is 12.6. The minimum absolute atomic E-state index is 0.252. The Morgan fingerprint density at radius 1 is 1.47 bits per heavy atom. The fourth-order valence-electron chi connectivity index (χ4n) is 1.66. The van der Waals surface area contributed by atoms with Crippen LogP contribution in [-0.4, -0.2) is 28.8 Å². The summed E-state index contributed by atoms with van der Waals surface area (Å²) in [7, 11) is 1.16. The van der Waals surface area contributed by atoms with Gasteiger partial charge in [-0.25, -0.2) is 9.78 Å². The maximum atomic E-state index is 11.8. The monoisotopic (exact) mass is 252 g/mol. The molecule has 0 amide bonds. The van der Waals surface area contributed by atoms with Gasteiger partial charge in [-0.15, -0.1) is 0 Å². The number of hydrogen-bond acceptors (Lipinski definition) is 4. The van der Waals surface area contributed by atoms with Gasteiger partial charge < -0.3 is 9.72 Å². The largest absolute Gasteiger partial charge is 0.463 e. The first-order chi connectivity index (χ1) is 8.04. The average molecular weight is 253 g/mol. The van der Waals surface area contributed by atoms with Crippen molar-refractivity contribution in [2.75, 3.05) is 7.11 Å². The second-order valence-electron chi connectivity index (χ2n) is 3.50. The summed E-state index contributed by atoms with van der Waals surface area (Å²) < 4.78 is 4.41. The van der Waals surface area contributed by atoms with E-state index in [2.05, 4.69) is 14.7 Å². The number of aryl methyl sites for hydroxylation is 1. The predicted molar refractivity (Wildman–Crippen MR) is 62.2 cm³/mol. The molecule has 0 spiro atoms. The number of pyridine rings is 1. The Morgan fingerprint density at radius 3 is 2.82 bits per heavy atom. The number of nitrogens with one attached hydrogen (secondary N) is 1. The smallest absolute Gasteiger partial charge is 0.379 e. The lowest BCUT2D eigenvalue weighted by atomic mass is 10.1. The molecule has 17 heavy (non-hydrogen) atoms. The Bertz CT molecular complexity index is 618. The van der Waals surface area contributed by atoms with Crippen LogP contribution in [0.2, 0.25) is 5.02 Å². The topological polar surface area (TPSA) is 72.1 Å². The van der Waals surface area contributed by atoms with Crippen LogP contribution in [0.15, 0.2) is 12.3 Å². The highest BCUT2D eigenvalue weighted by Crippen LogP contribution is 2.24. The molecule has 0 saturated heterocycles. The molecule has 2 heterocycles. The summed E-state index contributed by atoms with van der Waals surface area (Å²) in [6.07, 6.45) is 1.46. The number of aromatic amines is 1. The van der Waals surface area contributed by atoms with Crippen LogP contribution >= 0.6 is 11.6 Å². The van der Waals surface area contributed by atoms with Gasteiger partial charge in [0.1, 0.15) is 5.65 Å². The molecule has 5 nitrogen and oxygen atoms in total. The van der Waals surface area contributed by atoms with E-state index in [-0.39, 0.29) is 5.56 Å². The molecule has 0 aliphatic rings. The van der Waals surface area contributed by atoms with Gasteiger partial charge in [0.05, 0.1) is 17.7 Å². The van der Waals surface area contributed by atoms with E-state index in [1.54, 1.807) is 13.0 Å². The van der Waals surface area contributed by atoms with Crippen LogP contribution < -0.4 is 0 Å². The van der Waals surface area contributed by atoms with Crippen LogP contribution in [0.5, 0.6) is 0 Å². The fourth-order valence-corrected chi connectivity index (χ4v) is 1.82. The fraction of sp³-hybridized carbons (Fsp3) is 0.182. The van der Waals surface area contributed by atoms with Crippen molar-refractivity contribution in [2.24, 2.45) is 0 Å². The van der Waals surface area contributed by atoms with Crippen molar-refractivity contribution in [1.82, 2.24) is 9.97 Å². The van der Waals surface area contributed by atoms with Crippen molar-refractivity contribution >= 4 is 34.4 Å². The molecule has 0 aliphatic heterocycles. The van der Waals surface area contributed by atoms with Gasteiger partial charge in [0.2, 0.25) is 0 Å². The number of H-pyrrole nitrogens is 1. The zero-order valence-electron chi connectivity index (χ0n) is 9.20. The summed E-state index contributed by atoms with van der Waals surface area (Å²) >= 11 is 5.81. The molecule has 0 aliphatic carbocycles. The van der Waals surface area contributed by atoms with Crippen LogP contribution in [0.4, 0.5) is 0 Å². The predicted octanol–water partition coefficient (Wildman–Crippen LogP) is 1.88. The molecule has 0 fully saturated rings. The number of halogens is 1. The van der Waals surface area contributed by atoms with Crippen molar-refractivity contribution < 1.29 is 14.3 Å². The van der Waals surface area contributed by atoms with Gasteiger partial charge in [0.15, 0.2) is 0 Å². The Balaban J connectivity index is 2.67. The normalized spacial score (nSPS) is 10.5. The molecule has 88 valence electrons. The molecule has 6 heteroatoms. The van der Waals surface area contributed by atoms with E-state index in [1.807, 2.05) is 0 Å². The third-order valence-electron chi connectivity index (χ3n) is 2.40. The average Bonchev–Trinajstić information content (AvgIpc) is 2.62. The second kappa shape index (κ2) is 4.18. The van der Waals surface area contributed by atoms with E-state index in [1.165, 1.54) is 6.20 Å². The lowest BCUT2D eigenvalue weighted by molar-refractivity contribution is -0.135. The third kappa shape index (κ3) is 1.89. The van der Waals surface area contributed by atoms with Crippen LogP contribution in [-0.2, 0) is 9.53 Å². The summed E-state index contributed by atoms with van der Waals surface area (Å²) in [4.78, 5) is 30.0. The highest BCUT2D eigenvalue weighted by molar-refractivity contribution is 6.43. The Hall–Kier alpha value is -1.88. The molecule has 0 atom stereocenters. The van der Waals surface area contributed by atoms with Gasteiger partial charge in [0, 0.05) is 17.3 Å².